The third-order valence-electron chi connectivity index (χ3n) is 3.35. The van der Waals surface area contributed by atoms with Gasteiger partial charge in [0, 0.05) is 17.4 Å². The second-order valence-corrected chi connectivity index (χ2v) is 5.26. The predicted octanol–water partition coefficient (Wildman–Crippen LogP) is 4.29. The number of hydrogen-bond acceptors (Lipinski definition) is 2. The van der Waals surface area contributed by atoms with Gasteiger partial charge in [-0.25, -0.2) is 0 Å². The van der Waals surface area contributed by atoms with Crippen LogP contribution in [0, 0.1) is 5.92 Å². The normalized spacial score (nSPS) is 17.9. The maximum atomic E-state index is 11.8. The molecule has 1 aromatic heterocycles. The van der Waals surface area contributed by atoms with Gasteiger partial charge in [0.1, 0.15) is 0 Å². The molecule has 1 heterocycles. The summed E-state index contributed by atoms with van der Waals surface area (Å²) >= 11 is 1.61. The lowest BCUT2D eigenvalue weighted by atomic mass is 9.85. The first kappa shape index (κ1) is 10.9. The first-order valence-electron chi connectivity index (χ1n) is 5.91. The molecule has 0 atom stereocenters. The molecule has 1 fully saturated rings. The van der Waals surface area contributed by atoms with E-state index in [4.69, 9.17) is 0 Å². The lowest BCUT2D eigenvalue weighted by molar-refractivity contribution is 0.0970. The Morgan fingerprint density at radius 1 is 1.33 bits per heavy atom. The summed E-state index contributed by atoms with van der Waals surface area (Å²) in [5, 5.41) is 3.94. The molecule has 1 aliphatic carbocycles. The number of carbonyl (C=O) groups is 1. The summed E-state index contributed by atoms with van der Waals surface area (Å²) in [4.78, 5) is 11.8. The van der Waals surface area contributed by atoms with Crippen LogP contribution in [0.1, 0.15) is 55.3 Å². The number of thiophene rings is 1. The molecule has 0 radical (unpaired) electrons. The van der Waals surface area contributed by atoms with Crippen molar-refractivity contribution in [2.75, 3.05) is 0 Å². The standard InChI is InChI=1S/C13H18OS/c14-13(12-8-9-15-10-12)7-6-11-4-2-1-3-5-11/h8-11H,1-7H2. The van der Waals surface area contributed by atoms with Crippen LogP contribution in [0.15, 0.2) is 16.8 Å². The summed E-state index contributed by atoms with van der Waals surface area (Å²) in [5.41, 5.74) is 0.913. The monoisotopic (exact) mass is 222 g/mol. The number of rotatable bonds is 4. The van der Waals surface area contributed by atoms with E-state index in [1.54, 1.807) is 11.3 Å². The van der Waals surface area contributed by atoms with Gasteiger partial charge >= 0.3 is 0 Å². The third-order valence-corrected chi connectivity index (χ3v) is 4.03. The molecule has 2 rings (SSSR count). The molecular weight excluding hydrogens is 204 g/mol. The van der Waals surface area contributed by atoms with Gasteiger partial charge in [-0.2, -0.15) is 11.3 Å². The van der Waals surface area contributed by atoms with E-state index < -0.39 is 0 Å². The van der Waals surface area contributed by atoms with Crippen molar-refractivity contribution in [2.24, 2.45) is 5.92 Å². The molecule has 0 unspecified atom stereocenters. The third kappa shape index (κ3) is 3.16. The number of ketones is 1. The van der Waals surface area contributed by atoms with Gasteiger partial charge in [-0.3, -0.25) is 4.79 Å². The Balaban J connectivity index is 1.75. The van der Waals surface area contributed by atoms with Crippen LogP contribution >= 0.6 is 11.3 Å². The second kappa shape index (κ2) is 5.45. The van der Waals surface area contributed by atoms with Gasteiger partial charge in [-0.05, 0) is 23.8 Å². The fourth-order valence-electron chi connectivity index (χ4n) is 2.38. The Morgan fingerprint density at radius 2 is 2.13 bits per heavy atom. The predicted molar refractivity (Wildman–Crippen MR) is 64.5 cm³/mol. The van der Waals surface area contributed by atoms with E-state index in [2.05, 4.69) is 0 Å². The molecule has 0 spiro atoms. The van der Waals surface area contributed by atoms with Crippen molar-refractivity contribution < 1.29 is 4.79 Å². The summed E-state index contributed by atoms with van der Waals surface area (Å²) < 4.78 is 0. The van der Waals surface area contributed by atoms with Crippen molar-refractivity contribution in [3.8, 4) is 0 Å². The van der Waals surface area contributed by atoms with E-state index in [1.807, 2.05) is 16.8 Å². The smallest absolute Gasteiger partial charge is 0.163 e. The first-order chi connectivity index (χ1) is 7.36. The topological polar surface area (TPSA) is 17.1 Å². The molecule has 1 saturated carbocycles. The van der Waals surface area contributed by atoms with Crippen molar-refractivity contribution >= 4 is 17.1 Å². The molecular formula is C13H18OS. The zero-order chi connectivity index (χ0) is 10.5. The van der Waals surface area contributed by atoms with Gasteiger partial charge in [0.15, 0.2) is 5.78 Å². The van der Waals surface area contributed by atoms with Gasteiger partial charge in [-0.15, -0.1) is 0 Å². The van der Waals surface area contributed by atoms with Crippen LogP contribution in [-0.4, -0.2) is 5.78 Å². The number of hydrogen-bond donors (Lipinski definition) is 0. The quantitative estimate of drug-likeness (QED) is 0.694. The molecule has 0 amide bonds. The van der Waals surface area contributed by atoms with Crippen LogP contribution in [-0.2, 0) is 0 Å². The summed E-state index contributed by atoms with van der Waals surface area (Å²) in [6.07, 6.45) is 8.69. The van der Waals surface area contributed by atoms with Crippen molar-refractivity contribution in [1.82, 2.24) is 0 Å². The van der Waals surface area contributed by atoms with Crippen molar-refractivity contribution in [2.45, 2.75) is 44.9 Å². The van der Waals surface area contributed by atoms with Gasteiger partial charge in [0.05, 0.1) is 0 Å². The summed E-state index contributed by atoms with van der Waals surface area (Å²) in [5.74, 6) is 1.16. The Morgan fingerprint density at radius 3 is 2.80 bits per heavy atom. The fourth-order valence-corrected chi connectivity index (χ4v) is 3.04. The largest absolute Gasteiger partial charge is 0.294 e. The molecule has 0 aromatic carbocycles. The molecule has 0 bridgehead atoms. The van der Waals surface area contributed by atoms with Crippen molar-refractivity contribution in [3.63, 3.8) is 0 Å². The molecule has 1 nitrogen and oxygen atoms in total. The first-order valence-corrected chi connectivity index (χ1v) is 6.86. The minimum absolute atomic E-state index is 0.335. The minimum atomic E-state index is 0.335. The number of carbonyl (C=O) groups excluding carboxylic acids is 1. The van der Waals surface area contributed by atoms with Crippen LogP contribution in [0.4, 0.5) is 0 Å². The summed E-state index contributed by atoms with van der Waals surface area (Å²) in [7, 11) is 0. The van der Waals surface area contributed by atoms with E-state index in [0.717, 1.165) is 24.3 Å². The average molecular weight is 222 g/mol. The highest BCUT2D eigenvalue weighted by Crippen LogP contribution is 2.27. The van der Waals surface area contributed by atoms with Gasteiger partial charge in [0.25, 0.3) is 0 Å². The molecule has 1 aliphatic rings. The minimum Gasteiger partial charge on any atom is -0.294 e. The lowest BCUT2D eigenvalue weighted by Gasteiger charge is -2.20. The van der Waals surface area contributed by atoms with Gasteiger partial charge in [0.2, 0.25) is 0 Å². The SMILES string of the molecule is O=C(CCC1CCCCC1)c1ccsc1. The Hall–Kier alpha value is -0.630. The zero-order valence-electron chi connectivity index (χ0n) is 9.08. The molecule has 0 saturated heterocycles. The molecule has 2 heteroatoms. The van der Waals surface area contributed by atoms with Crippen LogP contribution in [0.2, 0.25) is 0 Å². The Kier molecular flexibility index (Phi) is 3.95. The molecule has 1 aromatic rings. The van der Waals surface area contributed by atoms with E-state index in [9.17, 15) is 4.79 Å². The fraction of sp³-hybridized carbons (Fsp3) is 0.615. The highest BCUT2D eigenvalue weighted by Gasteiger charge is 2.15. The van der Waals surface area contributed by atoms with Gasteiger partial charge < -0.3 is 0 Å². The lowest BCUT2D eigenvalue weighted by Crippen LogP contribution is -2.08. The molecule has 0 aliphatic heterocycles. The average Bonchev–Trinajstić information content (AvgIpc) is 2.81. The highest BCUT2D eigenvalue weighted by molar-refractivity contribution is 7.08. The van der Waals surface area contributed by atoms with Crippen LogP contribution in [0.5, 0.6) is 0 Å². The maximum absolute atomic E-state index is 11.8. The second-order valence-electron chi connectivity index (χ2n) is 4.48. The van der Waals surface area contributed by atoms with Gasteiger partial charge in [-0.1, -0.05) is 32.1 Å². The van der Waals surface area contributed by atoms with Crippen molar-refractivity contribution in [1.29, 1.82) is 0 Å². The van der Waals surface area contributed by atoms with E-state index in [0.29, 0.717) is 5.78 Å². The number of Topliss-reactive ketones (excluding diaryl/α,β-unsaturated/α-hetero) is 1. The molecule has 15 heavy (non-hydrogen) atoms. The van der Waals surface area contributed by atoms with E-state index >= 15 is 0 Å². The van der Waals surface area contributed by atoms with Crippen LogP contribution in [0.3, 0.4) is 0 Å². The zero-order valence-corrected chi connectivity index (χ0v) is 9.89. The van der Waals surface area contributed by atoms with Crippen LogP contribution in [0.25, 0.3) is 0 Å². The summed E-state index contributed by atoms with van der Waals surface area (Å²) in [6.45, 7) is 0. The summed E-state index contributed by atoms with van der Waals surface area (Å²) in [6, 6.07) is 1.94. The Labute approximate surface area is 95.5 Å². The Bertz CT molecular complexity index is 296. The maximum Gasteiger partial charge on any atom is 0.163 e. The highest BCUT2D eigenvalue weighted by atomic mass is 32.1. The molecule has 0 N–H and O–H groups in total. The van der Waals surface area contributed by atoms with E-state index in [1.165, 1.54) is 32.1 Å². The van der Waals surface area contributed by atoms with E-state index in [-0.39, 0.29) is 0 Å². The molecule has 82 valence electrons. The van der Waals surface area contributed by atoms with Crippen LogP contribution < -0.4 is 0 Å². The van der Waals surface area contributed by atoms with Crippen molar-refractivity contribution in [3.05, 3.63) is 22.4 Å².